The molecule has 2 rings (SSSR count). The maximum Gasteiger partial charge on any atom is 0.239 e. The molecule has 0 atom stereocenters. The molecule has 0 bridgehead atoms. The lowest BCUT2D eigenvalue weighted by atomic mass is 10.1. The Morgan fingerprint density at radius 2 is 2.39 bits per heavy atom. The Morgan fingerprint density at radius 3 is 3.00 bits per heavy atom. The van der Waals surface area contributed by atoms with Crippen LogP contribution in [0.1, 0.15) is 19.5 Å². The van der Waals surface area contributed by atoms with E-state index in [0.717, 1.165) is 4.88 Å². The van der Waals surface area contributed by atoms with Gasteiger partial charge in [-0.1, -0.05) is 6.07 Å². The third-order valence-corrected chi connectivity index (χ3v) is 3.16. The second-order valence-electron chi connectivity index (χ2n) is 4.53. The third kappa shape index (κ3) is 2.96. The van der Waals surface area contributed by atoms with Crippen LogP contribution in [0.3, 0.4) is 0 Å². The first-order chi connectivity index (χ1) is 8.47. The molecule has 0 spiro atoms. The van der Waals surface area contributed by atoms with Crippen molar-refractivity contribution in [2.45, 2.75) is 25.9 Å². The molecule has 2 aromatic rings. The van der Waals surface area contributed by atoms with Gasteiger partial charge in [-0.15, -0.1) is 11.3 Å². The Bertz CT molecular complexity index is 526. The number of thiophene rings is 1. The summed E-state index contributed by atoms with van der Waals surface area (Å²) in [6, 6.07) is 3.87. The van der Waals surface area contributed by atoms with E-state index in [1.54, 1.807) is 31.4 Å². The van der Waals surface area contributed by atoms with Crippen LogP contribution in [0.2, 0.25) is 0 Å². The van der Waals surface area contributed by atoms with Crippen molar-refractivity contribution < 1.29 is 9.21 Å². The summed E-state index contributed by atoms with van der Waals surface area (Å²) >= 11 is 1.55. The van der Waals surface area contributed by atoms with Crippen LogP contribution in [-0.4, -0.2) is 16.4 Å². The van der Waals surface area contributed by atoms with Gasteiger partial charge in [0.15, 0.2) is 0 Å². The van der Waals surface area contributed by atoms with Crippen LogP contribution >= 0.6 is 11.3 Å². The average molecular weight is 265 g/mol. The van der Waals surface area contributed by atoms with E-state index in [1.807, 2.05) is 17.5 Å². The van der Waals surface area contributed by atoms with E-state index in [-0.39, 0.29) is 5.91 Å². The van der Waals surface area contributed by atoms with Gasteiger partial charge in [-0.05, 0) is 25.3 Å². The maximum atomic E-state index is 11.6. The highest BCUT2D eigenvalue weighted by atomic mass is 32.1. The standard InChI is InChI=1S/C12H15N3O2S/c1-12(2,13)11(16)14-6-8-7-17-10(15-8)9-4-3-5-18-9/h3-5,7H,6,13H2,1-2H3,(H,14,16). The smallest absolute Gasteiger partial charge is 0.239 e. The Balaban J connectivity index is 1.98. The molecule has 0 unspecified atom stereocenters. The second kappa shape index (κ2) is 4.91. The first-order valence-electron chi connectivity index (χ1n) is 5.52. The van der Waals surface area contributed by atoms with E-state index in [1.165, 1.54) is 0 Å². The second-order valence-corrected chi connectivity index (χ2v) is 5.47. The fourth-order valence-electron chi connectivity index (χ4n) is 1.30. The third-order valence-electron chi connectivity index (χ3n) is 2.30. The van der Waals surface area contributed by atoms with E-state index in [2.05, 4.69) is 10.3 Å². The average Bonchev–Trinajstić information content (AvgIpc) is 2.94. The van der Waals surface area contributed by atoms with Gasteiger partial charge in [0, 0.05) is 0 Å². The minimum Gasteiger partial charge on any atom is -0.443 e. The number of carbonyl (C=O) groups excluding carboxylic acids is 1. The van der Waals surface area contributed by atoms with Gasteiger partial charge in [0.1, 0.15) is 6.26 Å². The molecular formula is C12H15N3O2S. The molecule has 5 nitrogen and oxygen atoms in total. The van der Waals surface area contributed by atoms with Crippen LogP contribution in [0.5, 0.6) is 0 Å². The van der Waals surface area contributed by atoms with Gasteiger partial charge in [0.25, 0.3) is 0 Å². The first-order valence-corrected chi connectivity index (χ1v) is 6.40. The molecule has 2 heterocycles. The Hall–Kier alpha value is -1.66. The molecule has 6 heteroatoms. The van der Waals surface area contributed by atoms with Gasteiger partial charge in [0.05, 0.1) is 22.7 Å². The van der Waals surface area contributed by atoms with Crippen molar-refractivity contribution in [2.24, 2.45) is 5.73 Å². The number of oxazole rings is 1. The highest BCUT2D eigenvalue weighted by Gasteiger charge is 2.21. The molecule has 1 amide bonds. The number of nitrogens with one attached hydrogen (secondary N) is 1. The zero-order chi connectivity index (χ0) is 13.2. The van der Waals surface area contributed by atoms with Crippen LogP contribution in [-0.2, 0) is 11.3 Å². The maximum absolute atomic E-state index is 11.6. The zero-order valence-electron chi connectivity index (χ0n) is 10.3. The Morgan fingerprint density at radius 1 is 1.61 bits per heavy atom. The summed E-state index contributed by atoms with van der Waals surface area (Å²) in [5.74, 6) is 0.351. The molecule has 0 saturated heterocycles. The summed E-state index contributed by atoms with van der Waals surface area (Å²) in [6.07, 6.45) is 1.54. The number of nitrogens with zero attached hydrogens (tertiary/aromatic N) is 1. The van der Waals surface area contributed by atoms with Crippen LogP contribution < -0.4 is 11.1 Å². The number of hydrogen-bond donors (Lipinski definition) is 2. The number of hydrogen-bond acceptors (Lipinski definition) is 5. The SMILES string of the molecule is CC(C)(N)C(=O)NCc1coc(-c2cccs2)n1. The van der Waals surface area contributed by atoms with Crippen LogP contribution in [0.25, 0.3) is 10.8 Å². The van der Waals surface area contributed by atoms with Gasteiger partial charge < -0.3 is 15.5 Å². The quantitative estimate of drug-likeness (QED) is 0.882. The van der Waals surface area contributed by atoms with E-state index in [0.29, 0.717) is 18.1 Å². The summed E-state index contributed by atoms with van der Waals surface area (Å²) in [6.45, 7) is 3.62. The predicted octanol–water partition coefficient (Wildman–Crippen LogP) is 1.76. The summed E-state index contributed by atoms with van der Waals surface area (Å²) in [4.78, 5) is 16.8. The molecule has 0 aliphatic heterocycles. The molecule has 0 aliphatic carbocycles. The monoisotopic (exact) mass is 265 g/mol. The molecule has 3 N–H and O–H groups in total. The lowest BCUT2D eigenvalue weighted by Crippen LogP contribution is -2.48. The molecule has 0 aliphatic rings. The Labute approximate surface area is 109 Å². The van der Waals surface area contributed by atoms with E-state index >= 15 is 0 Å². The Kier molecular flexibility index (Phi) is 3.49. The topological polar surface area (TPSA) is 81.2 Å². The van der Waals surface area contributed by atoms with Crippen LogP contribution in [0.4, 0.5) is 0 Å². The van der Waals surface area contributed by atoms with Crippen molar-refractivity contribution >= 4 is 17.2 Å². The van der Waals surface area contributed by atoms with Gasteiger partial charge in [-0.25, -0.2) is 4.98 Å². The van der Waals surface area contributed by atoms with E-state index < -0.39 is 5.54 Å². The van der Waals surface area contributed by atoms with Crippen molar-refractivity contribution in [3.8, 4) is 10.8 Å². The molecular weight excluding hydrogens is 250 g/mol. The number of nitrogens with two attached hydrogens (primary N) is 1. The highest BCUT2D eigenvalue weighted by Crippen LogP contribution is 2.23. The molecule has 0 fully saturated rings. The number of rotatable bonds is 4. The normalized spacial score (nSPS) is 11.5. The minimum absolute atomic E-state index is 0.219. The predicted molar refractivity (Wildman–Crippen MR) is 69.9 cm³/mol. The molecule has 0 radical (unpaired) electrons. The molecule has 2 aromatic heterocycles. The van der Waals surface area contributed by atoms with Gasteiger partial charge in [0.2, 0.25) is 11.8 Å². The fraction of sp³-hybridized carbons (Fsp3) is 0.333. The van der Waals surface area contributed by atoms with Gasteiger partial charge >= 0.3 is 0 Å². The summed E-state index contributed by atoms with van der Waals surface area (Å²) < 4.78 is 5.34. The van der Waals surface area contributed by atoms with Crippen molar-refractivity contribution in [3.63, 3.8) is 0 Å². The van der Waals surface area contributed by atoms with Crippen LogP contribution in [0, 0.1) is 0 Å². The summed E-state index contributed by atoms with van der Waals surface area (Å²) in [5, 5.41) is 4.67. The number of aromatic nitrogens is 1. The number of amides is 1. The minimum atomic E-state index is -0.889. The number of carbonyl (C=O) groups is 1. The van der Waals surface area contributed by atoms with Crippen molar-refractivity contribution in [1.29, 1.82) is 0 Å². The van der Waals surface area contributed by atoms with Crippen molar-refractivity contribution in [2.75, 3.05) is 0 Å². The molecule has 18 heavy (non-hydrogen) atoms. The zero-order valence-corrected chi connectivity index (χ0v) is 11.1. The lowest BCUT2D eigenvalue weighted by molar-refractivity contribution is -0.125. The van der Waals surface area contributed by atoms with Crippen molar-refractivity contribution in [1.82, 2.24) is 10.3 Å². The van der Waals surface area contributed by atoms with Crippen LogP contribution in [0.15, 0.2) is 28.2 Å². The fourth-order valence-corrected chi connectivity index (χ4v) is 1.96. The molecule has 96 valence electrons. The van der Waals surface area contributed by atoms with Gasteiger partial charge in [-0.3, -0.25) is 4.79 Å². The lowest BCUT2D eigenvalue weighted by Gasteiger charge is -2.16. The first kappa shape index (κ1) is 12.8. The van der Waals surface area contributed by atoms with Gasteiger partial charge in [-0.2, -0.15) is 0 Å². The van der Waals surface area contributed by atoms with E-state index in [4.69, 9.17) is 10.2 Å². The summed E-state index contributed by atoms with van der Waals surface area (Å²) in [5.41, 5.74) is 5.46. The van der Waals surface area contributed by atoms with Crippen molar-refractivity contribution in [3.05, 3.63) is 29.5 Å². The summed E-state index contributed by atoms with van der Waals surface area (Å²) in [7, 11) is 0. The molecule has 0 saturated carbocycles. The highest BCUT2D eigenvalue weighted by molar-refractivity contribution is 7.13. The molecule has 0 aromatic carbocycles. The van der Waals surface area contributed by atoms with E-state index in [9.17, 15) is 4.79 Å². The largest absolute Gasteiger partial charge is 0.443 e.